The van der Waals surface area contributed by atoms with Gasteiger partial charge in [-0.05, 0) is 73.2 Å². The van der Waals surface area contributed by atoms with Crippen LogP contribution in [0.2, 0.25) is 0 Å². The number of aryl methyl sites for hydroxylation is 1. The molecule has 0 amide bonds. The zero-order valence-electron chi connectivity index (χ0n) is 19.8. The van der Waals surface area contributed by atoms with E-state index >= 15 is 0 Å². The molecule has 0 aliphatic rings. The summed E-state index contributed by atoms with van der Waals surface area (Å²) in [5.41, 5.74) is 10.4. The molecule has 0 fully saturated rings. The van der Waals surface area contributed by atoms with Crippen molar-refractivity contribution in [2.24, 2.45) is 0 Å². The molecule has 5 aromatic carbocycles. The van der Waals surface area contributed by atoms with Crippen molar-refractivity contribution in [2.75, 3.05) is 0 Å². The molecule has 8 rings (SSSR count). The van der Waals surface area contributed by atoms with Crippen LogP contribution in [-0.2, 0) is 0 Å². The van der Waals surface area contributed by atoms with Crippen molar-refractivity contribution in [1.82, 2.24) is 18.5 Å². The van der Waals surface area contributed by atoms with Crippen molar-refractivity contribution in [1.29, 1.82) is 0 Å². The average molecular weight is 463 g/mol. The molecule has 0 unspecified atom stereocenters. The third-order valence-electron chi connectivity index (χ3n) is 7.28. The van der Waals surface area contributed by atoms with Gasteiger partial charge in [0, 0.05) is 22.1 Å². The van der Waals surface area contributed by atoms with E-state index in [9.17, 15) is 0 Å². The van der Waals surface area contributed by atoms with E-state index in [1.807, 2.05) is 6.07 Å². The first-order valence-corrected chi connectivity index (χ1v) is 12.3. The van der Waals surface area contributed by atoms with Crippen molar-refractivity contribution in [3.63, 3.8) is 0 Å². The summed E-state index contributed by atoms with van der Waals surface area (Å²) < 4.78 is 6.92. The Labute approximate surface area is 207 Å². The van der Waals surface area contributed by atoms with Crippen molar-refractivity contribution >= 4 is 49.7 Å². The van der Waals surface area contributed by atoms with Gasteiger partial charge < -0.3 is 4.57 Å². The standard InChI is InChI=1S/C32H22N4/c1-21-9-8-10-22(19-21)34-27-13-4-2-11-24(27)25-20-23(17-18-28(25)34)35-30-15-6-7-16-31(30)36-29-14-5-3-12-26(29)33-32(35)36/h2-20H,1H3. The molecule has 0 bridgehead atoms. The number of aromatic nitrogens is 4. The molecule has 0 N–H and O–H groups in total. The molecule has 0 aliphatic carbocycles. The lowest BCUT2D eigenvalue weighted by molar-refractivity contribution is 1.11. The zero-order chi connectivity index (χ0) is 23.8. The van der Waals surface area contributed by atoms with Crippen LogP contribution in [0.1, 0.15) is 5.56 Å². The molecule has 0 spiro atoms. The van der Waals surface area contributed by atoms with Crippen molar-refractivity contribution in [3.8, 4) is 11.4 Å². The first kappa shape index (κ1) is 19.5. The highest BCUT2D eigenvalue weighted by Crippen LogP contribution is 2.35. The van der Waals surface area contributed by atoms with Crippen LogP contribution >= 0.6 is 0 Å². The van der Waals surface area contributed by atoms with Gasteiger partial charge >= 0.3 is 0 Å². The molecule has 170 valence electrons. The average Bonchev–Trinajstić information content (AvgIpc) is 3.55. The summed E-state index contributed by atoms with van der Waals surface area (Å²) in [5, 5.41) is 2.48. The van der Waals surface area contributed by atoms with Crippen LogP contribution in [0.15, 0.2) is 115 Å². The molecule has 4 nitrogen and oxygen atoms in total. The van der Waals surface area contributed by atoms with Crippen molar-refractivity contribution in [3.05, 3.63) is 121 Å². The SMILES string of the molecule is Cc1cccc(-n2c3ccccc3c3cc(-n4c5ccccc5n5c6ccccc6nc45)ccc32)c1. The highest BCUT2D eigenvalue weighted by Gasteiger charge is 2.18. The number of imidazole rings is 2. The Morgan fingerprint density at radius 2 is 1.19 bits per heavy atom. The molecule has 0 saturated carbocycles. The molecule has 3 aromatic heterocycles. The molecule has 36 heavy (non-hydrogen) atoms. The summed E-state index contributed by atoms with van der Waals surface area (Å²) in [5.74, 6) is 0.930. The fourth-order valence-electron chi connectivity index (χ4n) is 5.75. The summed E-state index contributed by atoms with van der Waals surface area (Å²) in [6, 6.07) is 41.1. The van der Waals surface area contributed by atoms with Crippen LogP contribution in [0.5, 0.6) is 0 Å². The number of para-hydroxylation sites is 5. The highest BCUT2D eigenvalue weighted by molar-refractivity contribution is 6.10. The van der Waals surface area contributed by atoms with E-state index in [0.717, 1.165) is 33.5 Å². The first-order chi connectivity index (χ1) is 17.8. The van der Waals surface area contributed by atoms with Gasteiger partial charge in [-0.3, -0.25) is 8.97 Å². The first-order valence-electron chi connectivity index (χ1n) is 12.3. The van der Waals surface area contributed by atoms with E-state index in [4.69, 9.17) is 4.98 Å². The van der Waals surface area contributed by atoms with E-state index in [1.165, 1.54) is 33.1 Å². The number of nitrogens with zero attached hydrogens (tertiary/aromatic N) is 4. The molecule has 3 heterocycles. The Morgan fingerprint density at radius 3 is 2.06 bits per heavy atom. The lowest BCUT2D eigenvalue weighted by Gasteiger charge is -2.10. The molecule has 8 aromatic rings. The fourth-order valence-corrected chi connectivity index (χ4v) is 5.75. The number of hydrogen-bond donors (Lipinski definition) is 0. The van der Waals surface area contributed by atoms with Crippen LogP contribution < -0.4 is 0 Å². The van der Waals surface area contributed by atoms with Gasteiger partial charge in [-0.25, -0.2) is 4.98 Å². The monoisotopic (exact) mass is 462 g/mol. The van der Waals surface area contributed by atoms with Gasteiger partial charge in [-0.2, -0.15) is 0 Å². The van der Waals surface area contributed by atoms with Gasteiger partial charge in [0.25, 0.3) is 0 Å². The maximum absolute atomic E-state index is 5.05. The molecule has 0 saturated heterocycles. The van der Waals surface area contributed by atoms with Gasteiger partial charge in [0.1, 0.15) is 0 Å². The fraction of sp³-hybridized carbons (Fsp3) is 0.0312. The smallest absolute Gasteiger partial charge is 0.220 e. The predicted octanol–water partition coefficient (Wildman–Crippen LogP) is 7.84. The van der Waals surface area contributed by atoms with Crippen LogP contribution in [0.4, 0.5) is 0 Å². The molecule has 0 aliphatic heterocycles. The maximum atomic E-state index is 5.05. The predicted molar refractivity (Wildman–Crippen MR) is 149 cm³/mol. The van der Waals surface area contributed by atoms with Crippen molar-refractivity contribution < 1.29 is 0 Å². The van der Waals surface area contributed by atoms with E-state index in [0.29, 0.717) is 0 Å². The van der Waals surface area contributed by atoms with E-state index in [2.05, 4.69) is 130 Å². The van der Waals surface area contributed by atoms with E-state index in [1.54, 1.807) is 0 Å². The Kier molecular flexibility index (Phi) is 3.84. The van der Waals surface area contributed by atoms with Gasteiger partial charge in [0.15, 0.2) is 0 Å². The number of hydrogen-bond acceptors (Lipinski definition) is 1. The van der Waals surface area contributed by atoms with Gasteiger partial charge in [-0.1, -0.05) is 54.6 Å². The largest absolute Gasteiger partial charge is 0.309 e. The molecule has 0 radical (unpaired) electrons. The number of fused-ring (bicyclic) bond motifs is 8. The lowest BCUT2D eigenvalue weighted by atomic mass is 10.1. The topological polar surface area (TPSA) is 27.2 Å². The Bertz CT molecular complexity index is 2120. The minimum Gasteiger partial charge on any atom is -0.309 e. The second-order valence-electron chi connectivity index (χ2n) is 9.45. The zero-order valence-corrected chi connectivity index (χ0v) is 19.8. The Hall–Kier alpha value is -4.83. The quantitative estimate of drug-likeness (QED) is 0.257. The summed E-state index contributed by atoms with van der Waals surface area (Å²) >= 11 is 0. The maximum Gasteiger partial charge on any atom is 0.220 e. The third-order valence-corrected chi connectivity index (χ3v) is 7.28. The lowest BCUT2D eigenvalue weighted by Crippen LogP contribution is -1.96. The molecular weight excluding hydrogens is 440 g/mol. The minimum atomic E-state index is 0.930. The van der Waals surface area contributed by atoms with Crippen LogP contribution in [0.3, 0.4) is 0 Å². The number of rotatable bonds is 2. The van der Waals surface area contributed by atoms with Gasteiger partial charge in [0.05, 0.1) is 33.1 Å². The van der Waals surface area contributed by atoms with Gasteiger partial charge in [0.2, 0.25) is 5.78 Å². The summed E-state index contributed by atoms with van der Waals surface area (Å²) in [4.78, 5) is 5.05. The summed E-state index contributed by atoms with van der Waals surface area (Å²) in [6.07, 6.45) is 0. The third kappa shape index (κ3) is 2.56. The second kappa shape index (κ2) is 7.09. The second-order valence-corrected chi connectivity index (χ2v) is 9.45. The van der Waals surface area contributed by atoms with E-state index < -0.39 is 0 Å². The minimum absolute atomic E-state index is 0.930. The number of benzene rings is 5. The summed E-state index contributed by atoms with van der Waals surface area (Å²) in [7, 11) is 0. The van der Waals surface area contributed by atoms with E-state index in [-0.39, 0.29) is 0 Å². The van der Waals surface area contributed by atoms with Crippen LogP contribution in [0, 0.1) is 6.92 Å². The van der Waals surface area contributed by atoms with Gasteiger partial charge in [-0.15, -0.1) is 0 Å². The summed E-state index contributed by atoms with van der Waals surface area (Å²) in [6.45, 7) is 2.15. The Morgan fingerprint density at radius 1 is 0.500 bits per heavy atom. The highest BCUT2D eigenvalue weighted by atomic mass is 15.2. The molecule has 0 atom stereocenters. The Balaban J connectivity index is 1.48. The van der Waals surface area contributed by atoms with Crippen LogP contribution in [0.25, 0.3) is 61.0 Å². The van der Waals surface area contributed by atoms with Crippen molar-refractivity contribution in [2.45, 2.75) is 6.92 Å². The molecular formula is C32H22N4. The molecule has 4 heteroatoms. The van der Waals surface area contributed by atoms with Crippen LogP contribution in [-0.4, -0.2) is 18.5 Å². The normalized spacial score (nSPS) is 12.0.